The quantitative estimate of drug-likeness (QED) is 0.701. The average molecular weight is 176 g/mol. The maximum absolute atomic E-state index is 5.39. The molecule has 66 valence electrons. The number of oxazole rings is 1. The van der Waals surface area contributed by atoms with Crippen molar-refractivity contribution in [2.24, 2.45) is 0 Å². The number of hydrogen-bond donors (Lipinski definition) is 1. The summed E-state index contributed by atoms with van der Waals surface area (Å²) < 4.78 is 5.25. The zero-order chi connectivity index (χ0) is 9.26. The van der Waals surface area contributed by atoms with Gasteiger partial charge in [0.05, 0.1) is 6.20 Å². The molecule has 0 aliphatic heterocycles. The Labute approximate surface area is 74.6 Å². The molecule has 2 aromatic heterocycles. The molecule has 5 heteroatoms. The van der Waals surface area contributed by atoms with E-state index in [2.05, 4.69) is 15.2 Å². The molecule has 0 unspecified atom stereocenters. The van der Waals surface area contributed by atoms with Gasteiger partial charge in [-0.05, 0) is 12.1 Å². The minimum Gasteiger partial charge on any atom is -0.439 e. The SMILES string of the molecule is Cc1ncc(-c2ccc(N)nn2)o1. The van der Waals surface area contributed by atoms with E-state index in [0.717, 1.165) is 0 Å². The molecule has 0 atom stereocenters. The standard InChI is InChI=1S/C8H8N4O/c1-5-10-4-7(13-5)6-2-3-8(9)12-11-6/h2-4H,1H3,(H2,9,12). The Morgan fingerprint density at radius 3 is 2.69 bits per heavy atom. The predicted molar refractivity (Wildman–Crippen MR) is 46.7 cm³/mol. The van der Waals surface area contributed by atoms with E-state index in [-0.39, 0.29) is 0 Å². The fourth-order valence-corrected chi connectivity index (χ4v) is 0.954. The van der Waals surface area contributed by atoms with Gasteiger partial charge in [-0.2, -0.15) is 0 Å². The van der Waals surface area contributed by atoms with Crippen LogP contribution in [0.4, 0.5) is 5.82 Å². The Hall–Kier alpha value is -1.91. The van der Waals surface area contributed by atoms with Gasteiger partial charge >= 0.3 is 0 Å². The Kier molecular flexibility index (Phi) is 1.70. The van der Waals surface area contributed by atoms with E-state index in [1.165, 1.54) is 0 Å². The van der Waals surface area contributed by atoms with Crippen LogP contribution in [0.25, 0.3) is 11.5 Å². The number of rotatable bonds is 1. The van der Waals surface area contributed by atoms with Gasteiger partial charge in [0.15, 0.2) is 11.7 Å². The third-order valence-corrected chi connectivity index (χ3v) is 1.56. The van der Waals surface area contributed by atoms with E-state index < -0.39 is 0 Å². The maximum atomic E-state index is 5.39. The lowest BCUT2D eigenvalue weighted by Gasteiger charge is -1.93. The molecule has 2 rings (SSSR count). The van der Waals surface area contributed by atoms with Gasteiger partial charge in [0.2, 0.25) is 0 Å². The van der Waals surface area contributed by atoms with Gasteiger partial charge in [-0.25, -0.2) is 4.98 Å². The topological polar surface area (TPSA) is 77.8 Å². The van der Waals surface area contributed by atoms with Crippen LogP contribution in [0.5, 0.6) is 0 Å². The van der Waals surface area contributed by atoms with Crippen LogP contribution in [-0.2, 0) is 0 Å². The molecule has 0 aliphatic rings. The lowest BCUT2D eigenvalue weighted by atomic mass is 10.3. The molecular weight excluding hydrogens is 168 g/mol. The summed E-state index contributed by atoms with van der Waals surface area (Å²) in [6, 6.07) is 3.41. The second-order valence-electron chi connectivity index (χ2n) is 2.59. The summed E-state index contributed by atoms with van der Waals surface area (Å²) in [5.41, 5.74) is 6.02. The second kappa shape index (κ2) is 2.85. The van der Waals surface area contributed by atoms with Crippen LogP contribution in [-0.4, -0.2) is 15.2 Å². The number of nitrogens with two attached hydrogens (primary N) is 1. The van der Waals surface area contributed by atoms with E-state index in [1.54, 1.807) is 25.3 Å². The highest BCUT2D eigenvalue weighted by Gasteiger charge is 2.04. The molecule has 2 aromatic rings. The summed E-state index contributed by atoms with van der Waals surface area (Å²) in [6.07, 6.45) is 1.61. The zero-order valence-corrected chi connectivity index (χ0v) is 7.06. The van der Waals surface area contributed by atoms with Gasteiger partial charge in [-0.1, -0.05) is 0 Å². The number of aromatic nitrogens is 3. The molecule has 0 amide bonds. The number of aryl methyl sites for hydroxylation is 1. The van der Waals surface area contributed by atoms with Crippen molar-refractivity contribution in [3.63, 3.8) is 0 Å². The Morgan fingerprint density at radius 1 is 1.31 bits per heavy atom. The molecule has 0 fully saturated rings. The molecule has 2 heterocycles. The number of nitrogen functional groups attached to an aromatic ring is 1. The maximum Gasteiger partial charge on any atom is 0.191 e. The van der Waals surface area contributed by atoms with Crippen molar-refractivity contribution in [2.45, 2.75) is 6.92 Å². The summed E-state index contributed by atoms with van der Waals surface area (Å²) in [7, 11) is 0. The van der Waals surface area contributed by atoms with Crippen molar-refractivity contribution in [1.29, 1.82) is 0 Å². The van der Waals surface area contributed by atoms with E-state index >= 15 is 0 Å². The van der Waals surface area contributed by atoms with Gasteiger partial charge in [0, 0.05) is 6.92 Å². The van der Waals surface area contributed by atoms with Crippen LogP contribution < -0.4 is 5.73 Å². The van der Waals surface area contributed by atoms with Gasteiger partial charge < -0.3 is 10.2 Å². The first-order chi connectivity index (χ1) is 6.25. The second-order valence-corrected chi connectivity index (χ2v) is 2.59. The van der Waals surface area contributed by atoms with Crippen molar-refractivity contribution in [3.8, 4) is 11.5 Å². The minimum atomic E-state index is 0.389. The van der Waals surface area contributed by atoms with Crippen LogP contribution in [0.15, 0.2) is 22.7 Å². The van der Waals surface area contributed by atoms with Crippen molar-refractivity contribution < 1.29 is 4.42 Å². The fraction of sp³-hybridized carbons (Fsp3) is 0.125. The monoisotopic (exact) mass is 176 g/mol. The Morgan fingerprint density at radius 2 is 2.15 bits per heavy atom. The molecule has 0 spiro atoms. The zero-order valence-electron chi connectivity index (χ0n) is 7.06. The molecule has 0 saturated heterocycles. The van der Waals surface area contributed by atoms with E-state index in [9.17, 15) is 0 Å². The summed E-state index contributed by atoms with van der Waals surface area (Å²) in [5, 5.41) is 7.56. The van der Waals surface area contributed by atoms with Crippen LogP contribution in [0.3, 0.4) is 0 Å². The molecule has 0 radical (unpaired) electrons. The Bertz CT molecular complexity index is 406. The third-order valence-electron chi connectivity index (χ3n) is 1.56. The fourth-order valence-electron chi connectivity index (χ4n) is 0.954. The first-order valence-electron chi connectivity index (χ1n) is 3.78. The Balaban J connectivity index is 2.41. The average Bonchev–Trinajstić information content (AvgIpc) is 2.53. The summed E-state index contributed by atoms with van der Waals surface area (Å²) in [5.74, 6) is 1.60. The molecule has 0 aliphatic carbocycles. The van der Waals surface area contributed by atoms with Crippen LogP contribution in [0.1, 0.15) is 5.89 Å². The van der Waals surface area contributed by atoms with E-state index in [0.29, 0.717) is 23.2 Å². The van der Waals surface area contributed by atoms with Crippen molar-refractivity contribution in [2.75, 3.05) is 5.73 Å². The molecule has 0 saturated carbocycles. The number of anilines is 1. The highest BCUT2D eigenvalue weighted by atomic mass is 16.4. The molecule has 0 bridgehead atoms. The first kappa shape index (κ1) is 7.72. The van der Waals surface area contributed by atoms with Gasteiger partial charge in [0.25, 0.3) is 0 Å². The lowest BCUT2D eigenvalue weighted by molar-refractivity contribution is 0.532. The van der Waals surface area contributed by atoms with Crippen LogP contribution in [0.2, 0.25) is 0 Å². The lowest BCUT2D eigenvalue weighted by Crippen LogP contribution is -1.92. The molecular formula is C8H8N4O. The number of nitrogens with zero attached hydrogens (tertiary/aromatic N) is 3. The molecule has 2 N–H and O–H groups in total. The number of hydrogen-bond acceptors (Lipinski definition) is 5. The summed E-state index contributed by atoms with van der Waals surface area (Å²) >= 11 is 0. The van der Waals surface area contributed by atoms with Gasteiger partial charge in [0.1, 0.15) is 11.5 Å². The molecule has 5 nitrogen and oxygen atoms in total. The third kappa shape index (κ3) is 1.48. The smallest absolute Gasteiger partial charge is 0.191 e. The highest BCUT2D eigenvalue weighted by molar-refractivity contribution is 5.51. The first-order valence-corrected chi connectivity index (χ1v) is 3.78. The van der Waals surface area contributed by atoms with Gasteiger partial charge in [-0.15, -0.1) is 10.2 Å². The molecule has 13 heavy (non-hydrogen) atoms. The van der Waals surface area contributed by atoms with Crippen molar-refractivity contribution >= 4 is 5.82 Å². The van der Waals surface area contributed by atoms with Crippen LogP contribution in [0, 0.1) is 6.92 Å². The minimum absolute atomic E-state index is 0.389. The molecule has 0 aromatic carbocycles. The van der Waals surface area contributed by atoms with Crippen molar-refractivity contribution in [3.05, 3.63) is 24.2 Å². The van der Waals surface area contributed by atoms with E-state index in [4.69, 9.17) is 10.2 Å². The van der Waals surface area contributed by atoms with Crippen LogP contribution >= 0.6 is 0 Å². The van der Waals surface area contributed by atoms with Crippen molar-refractivity contribution in [1.82, 2.24) is 15.2 Å². The normalized spacial score (nSPS) is 10.2. The van der Waals surface area contributed by atoms with E-state index in [1.807, 2.05) is 0 Å². The summed E-state index contributed by atoms with van der Waals surface area (Å²) in [6.45, 7) is 1.77. The summed E-state index contributed by atoms with van der Waals surface area (Å²) in [4.78, 5) is 3.95. The largest absolute Gasteiger partial charge is 0.439 e. The highest BCUT2D eigenvalue weighted by Crippen LogP contribution is 2.16. The van der Waals surface area contributed by atoms with Gasteiger partial charge in [-0.3, -0.25) is 0 Å². The predicted octanol–water partition coefficient (Wildman–Crippen LogP) is 1.02.